The van der Waals surface area contributed by atoms with E-state index in [1.54, 1.807) is 0 Å². The van der Waals surface area contributed by atoms with Crippen molar-refractivity contribution in [2.45, 2.75) is 284 Å². The van der Waals surface area contributed by atoms with Crippen molar-refractivity contribution < 1.29 is 28.6 Å². The Labute approximate surface area is 462 Å². The first kappa shape index (κ1) is 70.8. The predicted octanol–water partition coefficient (Wildman–Crippen LogP) is 21.2. The highest BCUT2D eigenvalue weighted by Gasteiger charge is 2.19. The summed E-state index contributed by atoms with van der Waals surface area (Å²) in [5.74, 6) is -0.946. The molecule has 0 aromatic rings. The average Bonchev–Trinajstić information content (AvgIpc) is 3.41. The minimum absolute atomic E-state index is 0.0955. The molecule has 0 spiro atoms. The first-order chi connectivity index (χ1) is 37.0. The van der Waals surface area contributed by atoms with Crippen LogP contribution in [0.5, 0.6) is 0 Å². The van der Waals surface area contributed by atoms with Crippen LogP contribution in [0.1, 0.15) is 278 Å². The molecule has 0 N–H and O–H groups in total. The third kappa shape index (κ3) is 60.6. The Balaban J connectivity index is 4.43. The summed E-state index contributed by atoms with van der Waals surface area (Å²) < 4.78 is 16.9. The fourth-order valence-electron chi connectivity index (χ4n) is 8.31. The number of rotatable bonds is 55. The molecule has 0 bridgehead atoms. The number of carbonyl (C=O) groups is 3. The van der Waals surface area contributed by atoms with Crippen LogP contribution in [-0.4, -0.2) is 37.2 Å². The van der Waals surface area contributed by atoms with Crippen molar-refractivity contribution in [2.24, 2.45) is 0 Å². The van der Waals surface area contributed by atoms with E-state index in [1.807, 2.05) is 0 Å². The number of hydrogen-bond acceptors (Lipinski definition) is 6. The van der Waals surface area contributed by atoms with E-state index in [-0.39, 0.29) is 31.1 Å². The van der Waals surface area contributed by atoms with Gasteiger partial charge < -0.3 is 14.2 Å². The largest absolute Gasteiger partial charge is 0.462 e. The molecule has 0 saturated carbocycles. The summed E-state index contributed by atoms with van der Waals surface area (Å²) >= 11 is 0. The maximum atomic E-state index is 12.9. The molecule has 1 unspecified atom stereocenters. The smallest absolute Gasteiger partial charge is 0.306 e. The predicted molar refractivity (Wildman–Crippen MR) is 325 cm³/mol. The molecular formula is C69H114O6. The first-order valence-electron chi connectivity index (χ1n) is 31.0. The monoisotopic (exact) mass is 1040 g/mol. The molecule has 0 aromatic carbocycles. The van der Waals surface area contributed by atoms with Crippen LogP contribution in [0, 0.1) is 0 Å². The number of hydrogen-bond donors (Lipinski definition) is 0. The molecule has 0 rings (SSSR count). The first-order valence-corrected chi connectivity index (χ1v) is 31.0. The van der Waals surface area contributed by atoms with Gasteiger partial charge in [0.15, 0.2) is 6.10 Å². The standard InChI is InChI=1S/C69H114O6/c1-4-7-10-13-16-19-22-25-27-29-31-32-33-34-35-36-37-38-39-41-42-44-47-50-53-56-59-62-68(71)74-65-66(64-73-67(70)61-58-55-52-49-46-24-21-18-15-12-9-6-3)75-69(72)63-60-57-54-51-48-45-43-40-30-28-26-23-20-17-14-11-8-5-2/h7,10,16,19-20,23,25,27-28,30-32,34-35,37-38,41-42,47,50,66H,4-6,8-9,11-15,17-18,21-22,24,26,29,33,36,39-40,43-46,48-49,51-65H2,1-3H3/b10-7-,19-16-,23-20-,27-25-,30-28-,32-31-,35-34-,38-37-,42-41-,50-47-. The Morgan fingerprint density at radius 3 is 0.853 bits per heavy atom. The minimum Gasteiger partial charge on any atom is -0.462 e. The molecule has 0 aliphatic rings. The van der Waals surface area contributed by atoms with Crippen molar-refractivity contribution in [3.05, 3.63) is 122 Å². The van der Waals surface area contributed by atoms with Gasteiger partial charge in [0.2, 0.25) is 0 Å². The fourth-order valence-corrected chi connectivity index (χ4v) is 8.31. The van der Waals surface area contributed by atoms with Crippen LogP contribution in [0.25, 0.3) is 0 Å². The van der Waals surface area contributed by atoms with Crippen LogP contribution in [0.4, 0.5) is 0 Å². The van der Waals surface area contributed by atoms with Gasteiger partial charge in [0.05, 0.1) is 0 Å². The summed E-state index contributed by atoms with van der Waals surface area (Å²) in [5.41, 5.74) is 0. The Bertz CT molecular complexity index is 1570. The molecule has 0 heterocycles. The van der Waals surface area contributed by atoms with Gasteiger partial charge in [-0.15, -0.1) is 0 Å². The molecule has 0 amide bonds. The van der Waals surface area contributed by atoms with Crippen molar-refractivity contribution in [3.8, 4) is 0 Å². The molecule has 0 fully saturated rings. The van der Waals surface area contributed by atoms with Gasteiger partial charge in [-0.2, -0.15) is 0 Å². The van der Waals surface area contributed by atoms with Crippen molar-refractivity contribution >= 4 is 17.9 Å². The van der Waals surface area contributed by atoms with E-state index in [1.165, 1.54) is 116 Å². The molecule has 0 aliphatic carbocycles. The second-order valence-electron chi connectivity index (χ2n) is 20.2. The van der Waals surface area contributed by atoms with Crippen molar-refractivity contribution in [2.75, 3.05) is 13.2 Å². The van der Waals surface area contributed by atoms with Gasteiger partial charge in [-0.3, -0.25) is 14.4 Å². The second-order valence-corrected chi connectivity index (χ2v) is 20.2. The summed E-state index contributed by atoms with van der Waals surface area (Å²) in [7, 11) is 0. The maximum absolute atomic E-state index is 12.9. The van der Waals surface area contributed by atoms with E-state index in [0.717, 1.165) is 116 Å². The van der Waals surface area contributed by atoms with Gasteiger partial charge in [0.1, 0.15) is 13.2 Å². The second kappa shape index (κ2) is 62.4. The highest BCUT2D eigenvalue weighted by atomic mass is 16.6. The summed E-state index contributed by atoms with van der Waals surface area (Å²) in [5, 5.41) is 0. The third-order valence-corrected chi connectivity index (χ3v) is 13.0. The molecule has 6 heteroatoms. The molecule has 0 saturated heterocycles. The summed E-state index contributed by atoms with van der Waals surface area (Å²) in [6.45, 7) is 6.47. The zero-order valence-corrected chi connectivity index (χ0v) is 48.8. The van der Waals surface area contributed by atoms with Crippen LogP contribution < -0.4 is 0 Å². The SMILES string of the molecule is CC/C=C\C/C=C\C/C=C\C/C=C\C/C=C\C/C=C\C/C=C\C/C=C\CCCCC(=O)OCC(COC(=O)CCCCCCCCCCCCCC)OC(=O)CCCCCCCCC/C=C\C/C=C\CCCCCC. The van der Waals surface area contributed by atoms with Crippen molar-refractivity contribution in [1.29, 1.82) is 0 Å². The van der Waals surface area contributed by atoms with E-state index < -0.39 is 6.10 Å². The highest BCUT2D eigenvalue weighted by molar-refractivity contribution is 5.71. The van der Waals surface area contributed by atoms with Crippen LogP contribution in [0.3, 0.4) is 0 Å². The lowest BCUT2D eigenvalue weighted by atomic mass is 10.0. The quantitative estimate of drug-likeness (QED) is 0.0261. The summed E-state index contributed by atoms with van der Waals surface area (Å²) in [6, 6.07) is 0. The van der Waals surface area contributed by atoms with Gasteiger partial charge in [-0.1, -0.05) is 264 Å². The Morgan fingerprint density at radius 1 is 0.280 bits per heavy atom. The number of allylic oxidation sites excluding steroid dienone is 20. The summed E-state index contributed by atoms with van der Waals surface area (Å²) in [6.07, 6.45) is 86.2. The van der Waals surface area contributed by atoms with Crippen LogP contribution >= 0.6 is 0 Å². The molecule has 0 aromatic heterocycles. The molecule has 0 radical (unpaired) electrons. The number of carbonyl (C=O) groups excluding carboxylic acids is 3. The zero-order chi connectivity index (χ0) is 54.3. The molecule has 426 valence electrons. The molecule has 6 nitrogen and oxygen atoms in total. The molecular weight excluding hydrogens is 925 g/mol. The van der Waals surface area contributed by atoms with Gasteiger partial charge in [-0.05, 0) is 116 Å². The van der Waals surface area contributed by atoms with E-state index in [9.17, 15) is 14.4 Å². The lowest BCUT2D eigenvalue weighted by molar-refractivity contribution is -0.167. The lowest BCUT2D eigenvalue weighted by Crippen LogP contribution is -2.30. The number of ether oxygens (including phenoxy) is 3. The van der Waals surface area contributed by atoms with E-state index in [2.05, 4.69) is 142 Å². The Kier molecular flexibility index (Phi) is 58.9. The topological polar surface area (TPSA) is 78.9 Å². The van der Waals surface area contributed by atoms with Gasteiger partial charge in [0.25, 0.3) is 0 Å². The highest BCUT2D eigenvalue weighted by Crippen LogP contribution is 2.15. The Hall–Kier alpha value is -4.19. The van der Waals surface area contributed by atoms with E-state index >= 15 is 0 Å². The zero-order valence-electron chi connectivity index (χ0n) is 48.8. The summed E-state index contributed by atoms with van der Waals surface area (Å²) in [4.78, 5) is 38.2. The molecule has 0 aliphatic heterocycles. The van der Waals surface area contributed by atoms with Gasteiger partial charge >= 0.3 is 17.9 Å². The Morgan fingerprint density at radius 2 is 0.520 bits per heavy atom. The van der Waals surface area contributed by atoms with Crippen LogP contribution in [0.15, 0.2) is 122 Å². The van der Waals surface area contributed by atoms with E-state index in [4.69, 9.17) is 14.2 Å². The minimum atomic E-state index is -0.802. The van der Waals surface area contributed by atoms with Gasteiger partial charge in [-0.25, -0.2) is 0 Å². The normalized spacial score (nSPS) is 12.9. The fraction of sp³-hybridized carbons (Fsp3) is 0.667. The van der Waals surface area contributed by atoms with Crippen molar-refractivity contribution in [1.82, 2.24) is 0 Å². The molecule has 1 atom stereocenters. The number of unbranched alkanes of at least 4 members (excludes halogenated alkanes) is 24. The average molecular weight is 1040 g/mol. The van der Waals surface area contributed by atoms with Crippen LogP contribution in [-0.2, 0) is 28.6 Å². The third-order valence-electron chi connectivity index (χ3n) is 13.0. The number of esters is 3. The van der Waals surface area contributed by atoms with Gasteiger partial charge in [0, 0.05) is 19.3 Å². The van der Waals surface area contributed by atoms with Crippen molar-refractivity contribution in [3.63, 3.8) is 0 Å². The van der Waals surface area contributed by atoms with Crippen LogP contribution in [0.2, 0.25) is 0 Å². The van der Waals surface area contributed by atoms with E-state index in [0.29, 0.717) is 25.7 Å². The lowest BCUT2D eigenvalue weighted by Gasteiger charge is -2.18. The molecule has 75 heavy (non-hydrogen) atoms. The maximum Gasteiger partial charge on any atom is 0.306 e.